The highest BCUT2D eigenvalue weighted by Crippen LogP contribution is 2.40. The number of morpholine rings is 1. The molecule has 1 aromatic heterocycles. The van der Waals surface area contributed by atoms with E-state index in [0.29, 0.717) is 48.2 Å². The van der Waals surface area contributed by atoms with E-state index in [0.717, 1.165) is 0 Å². The van der Waals surface area contributed by atoms with Crippen LogP contribution in [0.4, 0.5) is 14.6 Å². The van der Waals surface area contributed by atoms with Crippen LogP contribution in [0.25, 0.3) is 0 Å². The quantitative estimate of drug-likeness (QED) is 0.699. The number of hydrogen-bond acceptors (Lipinski definition) is 4. The van der Waals surface area contributed by atoms with Crippen LogP contribution in [0.3, 0.4) is 0 Å². The van der Waals surface area contributed by atoms with Gasteiger partial charge in [0.15, 0.2) is 11.6 Å². The van der Waals surface area contributed by atoms with Crippen LogP contribution in [-0.2, 0) is 4.74 Å². The number of anilines is 1. The fraction of sp³-hybridized carbons (Fsp3) is 0.353. The predicted octanol–water partition coefficient (Wildman–Crippen LogP) is 4.91. The molecule has 0 saturated carbocycles. The molecule has 1 aromatic carbocycles. The lowest BCUT2D eigenvalue weighted by molar-refractivity contribution is 0.122. The molecule has 134 valence electrons. The van der Waals surface area contributed by atoms with Gasteiger partial charge >= 0.3 is 0 Å². The number of ether oxygens (including phenoxy) is 2. The molecule has 0 unspecified atom stereocenters. The largest absolute Gasteiger partial charge is 0.452 e. The second kappa shape index (κ2) is 7.32. The maximum atomic E-state index is 15.0. The number of aryl methyl sites for hydroxylation is 2. The Morgan fingerprint density at radius 3 is 2.28 bits per heavy atom. The molecular formula is C17H16Cl2F2N2O2. The van der Waals surface area contributed by atoms with Gasteiger partial charge in [-0.05, 0) is 37.1 Å². The average Bonchev–Trinajstić information content (AvgIpc) is 2.57. The molecule has 25 heavy (non-hydrogen) atoms. The van der Waals surface area contributed by atoms with Gasteiger partial charge in [-0.2, -0.15) is 13.8 Å². The maximum absolute atomic E-state index is 15.0. The molecule has 2 heterocycles. The van der Waals surface area contributed by atoms with E-state index in [9.17, 15) is 8.78 Å². The third-order valence-corrected chi connectivity index (χ3v) is 4.47. The van der Waals surface area contributed by atoms with Gasteiger partial charge in [0.1, 0.15) is 10.8 Å². The Bertz CT molecular complexity index is 789. The minimum atomic E-state index is -0.983. The fourth-order valence-electron chi connectivity index (χ4n) is 2.72. The number of aromatic nitrogens is 1. The van der Waals surface area contributed by atoms with Crippen LogP contribution in [-0.4, -0.2) is 31.3 Å². The van der Waals surface area contributed by atoms with Gasteiger partial charge in [0.25, 0.3) is 0 Å². The average molecular weight is 389 g/mol. The summed E-state index contributed by atoms with van der Waals surface area (Å²) >= 11 is 11.9. The normalized spacial score (nSPS) is 14.7. The van der Waals surface area contributed by atoms with E-state index in [2.05, 4.69) is 4.98 Å². The lowest BCUT2D eigenvalue weighted by Gasteiger charge is -2.28. The Morgan fingerprint density at radius 2 is 1.68 bits per heavy atom. The summed E-state index contributed by atoms with van der Waals surface area (Å²) in [6.45, 7) is 5.17. The van der Waals surface area contributed by atoms with Crippen molar-refractivity contribution in [3.8, 4) is 11.5 Å². The van der Waals surface area contributed by atoms with E-state index in [1.54, 1.807) is 30.9 Å². The van der Waals surface area contributed by atoms with Crippen LogP contribution in [0.5, 0.6) is 11.5 Å². The van der Waals surface area contributed by atoms with Crippen LogP contribution in [0.2, 0.25) is 10.0 Å². The highest BCUT2D eigenvalue weighted by molar-refractivity contribution is 6.32. The van der Waals surface area contributed by atoms with Crippen LogP contribution in [0.15, 0.2) is 12.1 Å². The molecule has 1 saturated heterocycles. The highest BCUT2D eigenvalue weighted by Gasteiger charge is 2.26. The number of nitrogens with zero attached hydrogens (tertiary/aromatic N) is 2. The Morgan fingerprint density at radius 1 is 1.08 bits per heavy atom. The minimum absolute atomic E-state index is 0.135. The first kappa shape index (κ1) is 18.2. The van der Waals surface area contributed by atoms with Crippen LogP contribution in [0.1, 0.15) is 11.1 Å². The van der Waals surface area contributed by atoms with Gasteiger partial charge in [-0.1, -0.05) is 23.2 Å². The third-order valence-electron chi connectivity index (χ3n) is 3.92. The van der Waals surface area contributed by atoms with Crippen molar-refractivity contribution >= 4 is 29.0 Å². The summed E-state index contributed by atoms with van der Waals surface area (Å²) in [5.41, 5.74) is 1.37. The zero-order valence-electron chi connectivity index (χ0n) is 13.7. The summed E-state index contributed by atoms with van der Waals surface area (Å²) in [6, 6.07) is 3.35. The van der Waals surface area contributed by atoms with Crippen molar-refractivity contribution in [3.05, 3.63) is 45.1 Å². The van der Waals surface area contributed by atoms with Crippen molar-refractivity contribution < 1.29 is 18.3 Å². The number of benzene rings is 1. The monoisotopic (exact) mass is 388 g/mol. The van der Waals surface area contributed by atoms with Gasteiger partial charge in [0.2, 0.25) is 11.8 Å². The minimum Gasteiger partial charge on any atom is -0.452 e. The number of rotatable bonds is 3. The number of pyridine rings is 1. The van der Waals surface area contributed by atoms with Gasteiger partial charge in [0, 0.05) is 18.1 Å². The van der Waals surface area contributed by atoms with Crippen molar-refractivity contribution in [2.45, 2.75) is 13.8 Å². The van der Waals surface area contributed by atoms with Gasteiger partial charge in [-0.25, -0.2) is 0 Å². The molecule has 0 bridgehead atoms. The Kier molecular flexibility index (Phi) is 5.32. The zero-order chi connectivity index (χ0) is 18.1. The Labute approximate surface area is 154 Å². The van der Waals surface area contributed by atoms with Crippen molar-refractivity contribution in [2.75, 3.05) is 31.2 Å². The van der Waals surface area contributed by atoms with E-state index in [4.69, 9.17) is 32.7 Å². The summed E-state index contributed by atoms with van der Waals surface area (Å²) in [7, 11) is 0. The lowest BCUT2D eigenvalue weighted by atomic mass is 10.1. The molecule has 4 nitrogen and oxygen atoms in total. The summed E-state index contributed by atoms with van der Waals surface area (Å²) in [4.78, 5) is 5.26. The van der Waals surface area contributed by atoms with Crippen LogP contribution < -0.4 is 9.64 Å². The topological polar surface area (TPSA) is 34.6 Å². The molecule has 1 aliphatic rings. The second-order valence-electron chi connectivity index (χ2n) is 5.75. The molecule has 1 aliphatic heterocycles. The molecular weight excluding hydrogens is 373 g/mol. The summed E-state index contributed by atoms with van der Waals surface area (Å²) in [5, 5.41) is 0.0343. The molecule has 0 radical (unpaired) electrons. The van der Waals surface area contributed by atoms with Gasteiger partial charge < -0.3 is 14.4 Å². The van der Waals surface area contributed by atoms with E-state index in [1.165, 1.54) is 0 Å². The van der Waals surface area contributed by atoms with Crippen molar-refractivity contribution in [1.29, 1.82) is 0 Å². The Balaban J connectivity index is 2.05. The molecule has 0 atom stereocenters. The molecule has 1 fully saturated rings. The molecule has 0 amide bonds. The van der Waals surface area contributed by atoms with Crippen LogP contribution in [0, 0.1) is 25.6 Å². The second-order valence-corrected chi connectivity index (χ2v) is 6.57. The summed E-state index contributed by atoms with van der Waals surface area (Å²) < 4.78 is 40.0. The first-order valence-corrected chi connectivity index (χ1v) is 8.46. The highest BCUT2D eigenvalue weighted by atomic mass is 35.5. The lowest BCUT2D eigenvalue weighted by Crippen LogP contribution is -2.37. The molecule has 0 spiro atoms. The van der Waals surface area contributed by atoms with Gasteiger partial charge in [0.05, 0.1) is 13.2 Å². The van der Waals surface area contributed by atoms with E-state index in [-0.39, 0.29) is 11.6 Å². The standard InChI is InChI=1S/C17H16Cl2F2N2O2/c1-9-7-11(18)8-10(2)14(9)25-15-12(19)16(21)22-17(13(15)20)23-3-5-24-6-4-23/h7-8H,3-6H2,1-2H3. The predicted molar refractivity (Wildman–Crippen MR) is 93.2 cm³/mol. The SMILES string of the molecule is Cc1cc(Cl)cc(C)c1Oc1c(F)c(N2CCOCC2)nc(F)c1Cl. The molecule has 2 aromatic rings. The third kappa shape index (κ3) is 3.66. The van der Waals surface area contributed by atoms with Crippen molar-refractivity contribution in [2.24, 2.45) is 0 Å². The number of hydrogen-bond donors (Lipinski definition) is 0. The van der Waals surface area contributed by atoms with E-state index < -0.39 is 16.8 Å². The number of halogens is 4. The summed E-state index contributed by atoms with van der Waals surface area (Å²) in [5.74, 6) is -1.93. The molecule has 8 heteroatoms. The first-order valence-electron chi connectivity index (χ1n) is 7.70. The fourth-order valence-corrected chi connectivity index (χ4v) is 3.21. The molecule has 0 aliphatic carbocycles. The smallest absolute Gasteiger partial charge is 0.237 e. The van der Waals surface area contributed by atoms with Crippen molar-refractivity contribution in [1.82, 2.24) is 4.98 Å². The Hall–Kier alpha value is -1.63. The van der Waals surface area contributed by atoms with Crippen LogP contribution >= 0.6 is 23.2 Å². The first-order chi connectivity index (χ1) is 11.9. The van der Waals surface area contributed by atoms with Gasteiger partial charge in [-0.3, -0.25) is 0 Å². The summed E-state index contributed by atoms with van der Waals surface area (Å²) in [6.07, 6.45) is 0. The zero-order valence-corrected chi connectivity index (χ0v) is 15.2. The maximum Gasteiger partial charge on any atom is 0.237 e. The van der Waals surface area contributed by atoms with E-state index in [1.807, 2.05) is 0 Å². The molecule has 3 rings (SSSR count). The van der Waals surface area contributed by atoms with Crippen molar-refractivity contribution in [3.63, 3.8) is 0 Å². The van der Waals surface area contributed by atoms with Gasteiger partial charge in [-0.15, -0.1) is 0 Å². The molecule has 0 N–H and O–H groups in total. The van der Waals surface area contributed by atoms with E-state index >= 15 is 0 Å².